The van der Waals surface area contributed by atoms with Crippen molar-refractivity contribution in [1.82, 2.24) is 4.90 Å². The number of hydrogen-bond donors (Lipinski definition) is 1. The molecule has 1 amide bonds. The summed E-state index contributed by atoms with van der Waals surface area (Å²) in [6.45, 7) is 2.24. The number of ketones is 1. The van der Waals surface area contributed by atoms with Gasteiger partial charge in [0.25, 0.3) is 11.7 Å². The molecule has 1 atom stereocenters. The Balaban J connectivity index is 1.85. The molecule has 0 radical (unpaired) electrons. The molecule has 0 aliphatic carbocycles. The number of Topliss-reactive ketones (excluding diaryl/α,β-unsaturated/α-hetero) is 1. The average Bonchev–Trinajstić information content (AvgIpc) is 3.00. The maximum atomic E-state index is 13.0. The molecule has 3 aromatic rings. The van der Waals surface area contributed by atoms with Crippen molar-refractivity contribution in [1.29, 1.82) is 0 Å². The second kappa shape index (κ2) is 8.44. The fraction of sp³-hybridized carbons (Fsp3) is 0.120. The first kappa shape index (κ1) is 20.3. The molecule has 4 nitrogen and oxygen atoms in total. The molecule has 0 saturated carbocycles. The minimum Gasteiger partial charge on any atom is -0.507 e. The second-order valence-corrected chi connectivity index (χ2v) is 8.58. The van der Waals surface area contributed by atoms with Crippen molar-refractivity contribution >= 4 is 40.0 Å². The number of aryl methyl sites for hydroxylation is 1. The topological polar surface area (TPSA) is 57.6 Å². The largest absolute Gasteiger partial charge is 0.507 e. The summed E-state index contributed by atoms with van der Waals surface area (Å²) in [6.07, 6.45) is 0. The molecule has 0 bridgehead atoms. The number of aliphatic hydroxyl groups is 1. The Bertz CT molecular complexity index is 1120. The van der Waals surface area contributed by atoms with Gasteiger partial charge in [-0.1, -0.05) is 72.3 Å². The van der Waals surface area contributed by atoms with Crippen LogP contribution in [0.1, 0.15) is 28.3 Å². The lowest BCUT2D eigenvalue weighted by atomic mass is 9.95. The summed E-state index contributed by atoms with van der Waals surface area (Å²) in [5.41, 5.74) is 3.41. The molecule has 1 heterocycles. The third-order valence-electron chi connectivity index (χ3n) is 5.25. The molecule has 1 aliphatic rings. The Morgan fingerprint density at radius 3 is 2.20 bits per heavy atom. The molecule has 1 saturated heterocycles. The molecule has 5 heteroatoms. The van der Waals surface area contributed by atoms with Gasteiger partial charge in [-0.05, 0) is 52.8 Å². The van der Waals surface area contributed by atoms with Gasteiger partial charge < -0.3 is 10.0 Å². The molecule has 1 unspecified atom stereocenters. The van der Waals surface area contributed by atoms with Crippen molar-refractivity contribution in [3.63, 3.8) is 0 Å². The fourth-order valence-electron chi connectivity index (χ4n) is 3.68. The number of nitrogens with zero attached hydrogens (tertiary/aromatic N) is 1. The van der Waals surface area contributed by atoms with Gasteiger partial charge in [-0.3, -0.25) is 9.59 Å². The minimum atomic E-state index is -0.660. The van der Waals surface area contributed by atoms with Crippen molar-refractivity contribution in [2.75, 3.05) is 0 Å². The highest BCUT2D eigenvalue weighted by atomic mass is 127. The lowest BCUT2D eigenvalue weighted by Gasteiger charge is -2.25. The van der Waals surface area contributed by atoms with Crippen LogP contribution in [0.2, 0.25) is 0 Å². The van der Waals surface area contributed by atoms with Gasteiger partial charge in [0.15, 0.2) is 0 Å². The summed E-state index contributed by atoms with van der Waals surface area (Å²) >= 11 is 2.21. The van der Waals surface area contributed by atoms with Crippen LogP contribution in [-0.4, -0.2) is 21.7 Å². The van der Waals surface area contributed by atoms with E-state index in [1.807, 2.05) is 73.7 Å². The van der Waals surface area contributed by atoms with Crippen LogP contribution in [0.15, 0.2) is 84.4 Å². The third kappa shape index (κ3) is 3.89. The van der Waals surface area contributed by atoms with Crippen molar-refractivity contribution in [2.24, 2.45) is 0 Å². The van der Waals surface area contributed by atoms with E-state index in [4.69, 9.17) is 0 Å². The Labute approximate surface area is 189 Å². The molecule has 1 N–H and O–H groups in total. The minimum absolute atomic E-state index is 0.126. The number of rotatable bonds is 4. The van der Waals surface area contributed by atoms with E-state index < -0.39 is 17.7 Å². The molecule has 1 aliphatic heterocycles. The van der Waals surface area contributed by atoms with Crippen molar-refractivity contribution in [2.45, 2.75) is 19.5 Å². The van der Waals surface area contributed by atoms with Gasteiger partial charge in [0, 0.05) is 15.7 Å². The normalized spacial score (nSPS) is 18.1. The van der Waals surface area contributed by atoms with E-state index in [0.29, 0.717) is 5.56 Å². The third-order valence-corrected chi connectivity index (χ3v) is 5.97. The summed E-state index contributed by atoms with van der Waals surface area (Å²) in [7, 11) is 0. The summed E-state index contributed by atoms with van der Waals surface area (Å²) in [6, 6.07) is 23.8. The Morgan fingerprint density at radius 1 is 0.933 bits per heavy atom. The first-order chi connectivity index (χ1) is 14.5. The summed E-state index contributed by atoms with van der Waals surface area (Å²) in [5, 5.41) is 11.0. The number of benzene rings is 3. The van der Waals surface area contributed by atoms with Gasteiger partial charge in [0.05, 0.1) is 11.6 Å². The maximum absolute atomic E-state index is 13.0. The Hall–Kier alpha value is -2.93. The van der Waals surface area contributed by atoms with Gasteiger partial charge >= 0.3 is 0 Å². The van der Waals surface area contributed by atoms with Gasteiger partial charge in [-0.25, -0.2) is 0 Å². The van der Waals surface area contributed by atoms with E-state index in [9.17, 15) is 14.7 Å². The molecule has 0 aromatic heterocycles. The lowest BCUT2D eigenvalue weighted by Crippen LogP contribution is -2.29. The molecule has 0 spiro atoms. The lowest BCUT2D eigenvalue weighted by molar-refractivity contribution is -0.140. The summed E-state index contributed by atoms with van der Waals surface area (Å²) in [5.74, 6) is -1.41. The molecule has 3 aromatic carbocycles. The molecule has 1 fully saturated rings. The van der Waals surface area contributed by atoms with Crippen LogP contribution < -0.4 is 0 Å². The van der Waals surface area contributed by atoms with E-state index >= 15 is 0 Å². The zero-order chi connectivity index (χ0) is 21.3. The standard InChI is InChI=1S/C25H20INO3/c1-16-7-9-19(10-8-16)23(28)21-22(18-11-13-20(26)14-12-18)27(25(30)24(21)29)15-17-5-3-2-4-6-17/h2-14,22,28H,15H2,1H3. The number of likely N-dealkylation sites (tertiary alicyclic amines) is 1. The van der Waals surface area contributed by atoms with Crippen LogP contribution in [0.4, 0.5) is 0 Å². The average molecular weight is 509 g/mol. The highest BCUT2D eigenvalue weighted by Gasteiger charge is 2.46. The summed E-state index contributed by atoms with van der Waals surface area (Å²) < 4.78 is 1.05. The van der Waals surface area contributed by atoms with E-state index in [1.165, 1.54) is 0 Å². The Kier molecular flexibility index (Phi) is 5.72. The quantitative estimate of drug-likeness (QED) is 0.227. The first-order valence-corrected chi connectivity index (χ1v) is 10.7. The van der Waals surface area contributed by atoms with Crippen LogP contribution in [-0.2, 0) is 16.1 Å². The number of hydrogen-bond acceptors (Lipinski definition) is 3. The van der Waals surface area contributed by atoms with Crippen LogP contribution in [0.25, 0.3) is 5.76 Å². The van der Waals surface area contributed by atoms with Crippen molar-refractivity contribution in [3.8, 4) is 0 Å². The highest BCUT2D eigenvalue weighted by molar-refractivity contribution is 14.1. The van der Waals surface area contributed by atoms with Crippen LogP contribution in [0.5, 0.6) is 0 Å². The van der Waals surface area contributed by atoms with E-state index in [-0.39, 0.29) is 17.9 Å². The van der Waals surface area contributed by atoms with Crippen molar-refractivity contribution in [3.05, 3.63) is 110 Å². The predicted molar refractivity (Wildman–Crippen MR) is 125 cm³/mol. The zero-order valence-electron chi connectivity index (χ0n) is 16.4. The smallest absolute Gasteiger partial charge is 0.295 e. The number of carbonyl (C=O) groups is 2. The van der Waals surface area contributed by atoms with Gasteiger partial charge in [0.1, 0.15) is 5.76 Å². The van der Waals surface area contributed by atoms with Crippen LogP contribution in [0.3, 0.4) is 0 Å². The monoisotopic (exact) mass is 509 g/mol. The number of aliphatic hydroxyl groups excluding tert-OH is 1. The van der Waals surface area contributed by atoms with E-state index in [0.717, 1.165) is 20.3 Å². The zero-order valence-corrected chi connectivity index (χ0v) is 18.5. The van der Waals surface area contributed by atoms with E-state index in [2.05, 4.69) is 22.6 Å². The first-order valence-electron chi connectivity index (χ1n) is 9.60. The SMILES string of the molecule is Cc1ccc(C(O)=C2C(=O)C(=O)N(Cc3ccccc3)C2c2ccc(I)cc2)cc1. The second-order valence-electron chi connectivity index (χ2n) is 7.33. The van der Waals surface area contributed by atoms with Crippen molar-refractivity contribution < 1.29 is 14.7 Å². The van der Waals surface area contributed by atoms with Gasteiger partial charge in [-0.15, -0.1) is 0 Å². The molecular formula is C25H20INO3. The molecule has 150 valence electrons. The number of carbonyl (C=O) groups excluding carboxylic acids is 2. The van der Waals surface area contributed by atoms with E-state index in [1.54, 1.807) is 17.0 Å². The highest BCUT2D eigenvalue weighted by Crippen LogP contribution is 2.40. The molecule has 30 heavy (non-hydrogen) atoms. The van der Waals surface area contributed by atoms with Gasteiger partial charge in [0.2, 0.25) is 0 Å². The maximum Gasteiger partial charge on any atom is 0.295 e. The van der Waals surface area contributed by atoms with Crippen LogP contribution in [0, 0.1) is 10.5 Å². The molecule has 4 rings (SSSR count). The number of amides is 1. The Morgan fingerprint density at radius 2 is 1.57 bits per heavy atom. The number of halogens is 1. The van der Waals surface area contributed by atoms with Gasteiger partial charge in [-0.2, -0.15) is 0 Å². The van der Waals surface area contributed by atoms with Crippen LogP contribution >= 0.6 is 22.6 Å². The predicted octanol–water partition coefficient (Wildman–Crippen LogP) is 5.22. The fourth-order valence-corrected chi connectivity index (χ4v) is 4.04. The molecular weight excluding hydrogens is 489 g/mol. The summed E-state index contributed by atoms with van der Waals surface area (Å²) in [4.78, 5) is 27.6.